The molecular formula is C23H23N7O3S. The summed E-state index contributed by atoms with van der Waals surface area (Å²) in [6, 6.07) is 7.27. The third-order valence-corrected chi connectivity index (χ3v) is 6.84. The molecule has 11 heteroatoms. The Hall–Kier alpha value is -3.83. The van der Waals surface area contributed by atoms with E-state index in [-0.39, 0.29) is 11.9 Å². The highest BCUT2D eigenvalue weighted by Crippen LogP contribution is 2.32. The molecule has 1 amide bonds. The van der Waals surface area contributed by atoms with Crippen LogP contribution in [0.3, 0.4) is 0 Å². The number of fused-ring (bicyclic) bond motifs is 1. The lowest BCUT2D eigenvalue weighted by Crippen LogP contribution is -2.16. The van der Waals surface area contributed by atoms with Gasteiger partial charge in [-0.25, -0.2) is 19.7 Å². The first-order valence-corrected chi connectivity index (χ1v) is 11.6. The maximum absolute atomic E-state index is 12.7. The van der Waals surface area contributed by atoms with E-state index in [4.69, 9.17) is 15.5 Å². The fourth-order valence-electron chi connectivity index (χ4n) is 4.12. The second-order valence-electron chi connectivity index (χ2n) is 7.96. The van der Waals surface area contributed by atoms with E-state index in [1.54, 1.807) is 25.3 Å². The quantitative estimate of drug-likeness (QED) is 0.373. The van der Waals surface area contributed by atoms with E-state index in [9.17, 15) is 9.59 Å². The molecular weight excluding hydrogens is 454 g/mol. The molecule has 0 bridgehead atoms. The van der Waals surface area contributed by atoms with Gasteiger partial charge in [-0.05, 0) is 38.4 Å². The first-order chi connectivity index (χ1) is 16.5. The minimum absolute atomic E-state index is 0.157. The zero-order valence-electron chi connectivity index (χ0n) is 18.7. The summed E-state index contributed by atoms with van der Waals surface area (Å²) in [5.74, 6) is 0.493. The highest BCUT2D eigenvalue weighted by molar-refractivity contribution is 7.17. The van der Waals surface area contributed by atoms with Crippen LogP contribution in [-0.2, 0) is 4.74 Å². The average molecular weight is 478 g/mol. The molecule has 3 aromatic heterocycles. The minimum atomic E-state index is -0.479. The molecule has 0 unspecified atom stereocenters. The molecule has 1 aromatic carbocycles. The summed E-state index contributed by atoms with van der Waals surface area (Å²) in [4.78, 5) is 38.3. The van der Waals surface area contributed by atoms with Gasteiger partial charge in [0.25, 0.3) is 5.91 Å². The van der Waals surface area contributed by atoms with Crippen LogP contribution in [0.2, 0.25) is 0 Å². The molecule has 1 aliphatic heterocycles. The molecule has 1 saturated heterocycles. The van der Waals surface area contributed by atoms with Crippen molar-refractivity contribution in [1.29, 1.82) is 0 Å². The van der Waals surface area contributed by atoms with Crippen LogP contribution >= 0.6 is 11.3 Å². The number of nitrogen functional groups attached to an aromatic ring is 1. The third kappa shape index (κ3) is 3.88. The topological polar surface area (TPSA) is 137 Å². The molecule has 4 aromatic rings. The first-order valence-electron chi connectivity index (χ1n) is 10.8. The number of methoxy groups -OCH3 is 1. The molecule has 0 radical (unpaired) electrons. The molecule has 0 spiro atoms. The molecule has 5 rings (SSSR count). The Morgan fingerprint density at radius 1 is 1.26 bits per heavy atom. The number of nitrogens with one attached hydrogen (secondary N) is 2. The monoisotopic (exact) mass is 477 g/mol. The second kappa shape index (κ2) is 8.84. The molecule has 34 heavy (non-hydrogen) atoms. The number of nitrogens with two attached hydrogens (primary N) is 1. The van der Waals surface area contributed by atoms with E-state index in [1.165, 1.54) is 7.11 Å². The Balaban J connectivity index is 1.42. The number of amides is 1. The van der Waals surface area contributed by atoms with Crippen LogP contribution in [0.25, 0.3) is 16.8 Å². The third-order valence-electron chi connectivity index (χ3n) is 5.79. The van der Waals surface area contributed by atoms with Crippen molar-refractivity contribution in [2.75, 3.05) is 24.7 Å². The number of nitrogens with zero attached hydrogens (tertiary/aromatic N) is 4. The molecule has 10 nitrogen and oxygen atoms in total. The number of aryl methyl sites for hydroxylation is 1. The number of carbonyl (C=O) groups excluding carboxylic acids is 2. The van der Waals surface area contributed by atoms with E-state index in [0.717, 1.165) is 53.3 Å². The lowest BCUT2D eigenvalue weighted by atomic mass is 10.1. The Morgan fingerprint density at radius 3 is 2.76 bits per heavy atom. The highest BCUT2D eigenvalue weighted by Gasteiger charge is 2.25. The van der Waals surface area contributed by atoms with Gasteiger partial charge in [-0.2, -0.15) is 0 Å². The Bertz CT molecular complexity index is 1390. The van der Waals surface area contributed by atoms with Gasteiger partial charge in [-0.3, -0.25) is 14.5 Å². The van der Waals surface area contributed by atoms with Crippen molar-refractivity contribution in [3.05, 3.63) is 58.6 Å². The Labute approximate surface area is 199 Å². The van der Waals surface area contributed by atoms with Crippen molar-refractivity contribution in [3.63, 3.8) is 0 Å². The van der Waals surface area contributed by atoms with E-state index >= 15 is 0 Å². The summed E-state index contributed by atoms with van der Waals surface area (Å²) >= 11 is 1.08. The van der Waals surface area contributed by atoms with Crippen LogP contribution in [0, 0.1) is 6.92 Å². The SMILES string of the molecule is COC(=O)c1sc(NC(=O)c2ccc(-c3nc([C@@H]4CCCN4)n4ccnc(N)c34)cc2)nc1C. The van der Waals surface area contributed by atoms with Crippen LogP contribution in [-0.4, -0.2) is 44.9 Å². The smallest absolute Gasteiger partial charge is 0.350 e. The van der Waals surface area contributed by atoms with Crippen LogP contribution in [0.15, 0.2) is 36.7 Å². The lowest BCUT2D eigenvalue weighted by molar-refractivity contribution is 0.0605. The molecule has 4 N–H and O–H groups in total. The first kappa shape index (κ1) is 22.0. The molecule has 0 aliphatic carbocycles. The number of imidazole rings is 1. The standard InChI is InChI=1S/C23H23N7O3S/c1-12-18(22(32)33-2)34-23(27-12)29-21(31)14-7-5-13(6-8-14)16-17-19(24)26-10-11-30(17)20(28-16)15-4-3-9-25-15/h5-8,10-11,15,25H,3-4,9H2,1-2H3,(H2,24,26)(H,27,29,31)/t15-/m0/s1. The molecule has 0 saturated carbocycles. The summed E-state index contributed by atoms with van der Waals surface area (Å²) in [7, 11) is 1.31. The van der Waals surface area contributed by atoms with Crippen molar-refractivity contribution in [3.8, 4) is 11.3 Å². The van der Waals surface area contributed by atoms with Crippen molar-refractivity contribution >= 4 is 39.7 Å². The Morgan fingerprint density at radius 2 is 2.06 bits per heavy atom. The highest BCUT2D eigenvalue weighted by atomic mass is 32.1. The number of thiazole rings is 1. The zero-order valence-corrected chi connectivity index (χ0v) is 19.5. The van der Waals surface area contributed by atoms with Gasteiger partial charge in [-0.15, -0.1) is 0 Å². The van der Waals surface area contributed by atoms with Gasteiger partial charge in [0.2, 0.25) is 0 Å². The number of ether oxygens (including phenoxy) is 1. The van der Waals surface area contributed by atoms with Gasteiger partial charge >= 0.3 is 5.97 Å². The van der Waals surface area contributed by atoms with Crippen LogP contribution in [0.1, 0.15) is 50.4 Å². The van der Waals surface area contributed by atoms with Gasteiger partial charge in [0.1, 0.15) is 27.7 Å². The van der Waals surface area contributed by atoms with Gasteiger partial charge in [0.05, 0.1) is 18.8 Å². The van der Waals surface area contributed by atoms with E-state index in [0.29, 0.717) is 27.1 Å². The van der Waals surface area contributed by atoms with Crippen molar-refractivity contribution in [2.24, 2.45) is 0 Å². The summed E-state index contributed by atoms with van der Waals surface area (Å²) in [6.45, 7) is 2.65. The van der Waals surface area contributed by atoms with Crippen LogP contribution in [0.5, 0.6) is 0 Å². The van der Waals surface area contributed by atoms with Gasteiger partial charge in [0.15, 0.2) is 5.13 Å². The van der Waals surface area contributed by atoms with Crippen LogP contribution < -0.4 is 16.4 Å². The summed E-state index contributed by atoms with van der Waals surface area (Å²) in [6.07, 6.45) is 5.65. The minimum Gasteiger partial charge on any atom is -0.465 e. The number of benzene rings is 1. The maximum Gasteiger partial charge on any atom is 0.350 e. The van der Waals surface area contributed by atoms with Gasteiger partial charge in [0, 0.05) is 23.5 Å². The summed E-state index contributed by atoms with van der Waals surface area (Å²) < 4.78 is 6.73. The number of rotatable bonds is 5. The Kier molecular flexibility index (Phi) is 5.72. The zero-order chi connectivity index (χ0) is 23.8. The van der Waals surface area contributed by atoms with Crippen molar-refractivity contribution < 1.29 is 14.3 Å². The summed E-state index contributed by atoms with van der Waals surface area (Å²) in [5, 5.41) is 6.55. The second-order valence-corrected chi connectivity index (χ2v) is 8.95. The van der Waals surface area contributed by atoms with Crippen LogP contribution in [0.4, 0.5) is 10.9 Å². The average Bonchev–Trinajstić information content (AvgIpc) is 3.58. The van der Waals surface area contributed by atoms with E-state index < -0.39 is 5.97 Å². The molecule has 1 atom stereocenters. The maximum atomic E-state index is 12.7. The predicted molar refractivity (Wildman–Crippen MR) is 129 cm³/mol. The predicted octanol–water partition coefficient (Wildman–Crippen LogP) is 3.21. The van der Waals surface area contributed by atoms with Gasteiger partial charge in [-0.1, -0.05) is 23.5 Å². The van der Waals surface area contributed by atoms with E-state index in [2.05, 4.69) is 20.6 Å². The lowest BCUT2D eigenvalue weighted by Gasteiger charge is -2.08. The number of esters is 1. The molecule has 174 valence electrons. The molecule has 4 heterocycles. The molecule has 1 aliphatic rings. The number of anilines is 2. The number of hydrogen-bond acceptors (Lipinski definition) is 9. The number of hydrogen-bond donors (Lipinski definition) is 3. The number of carbonyl (C=O) groups is 2. The van der Waals surface area contributed by atoms with E-state index in [1.807, 2.05) is 22.7 Å². The van der Waals surface area contributed by atoms with Crippen molar-refractivity contribution in [2.45, 2.75) is 25.8 Å². The normalized spacial score (nSPS) is 15.5. The van der Waals surface area contributed by atoms with Gasteiger partial charge < -0.3 is 15.8 Å². The molecule has 1 fully saturated rings. The fraction of sp³-hybridized carbons (Fsp3) is 0.261. The summed E-state index contributed by atoms with van der Waals surface area (Å²) in [5.41, 5.74) is 9.47. The number of aromatic nitrogens is 4. The fourth-order valence-corrected chi connectivity index (χ4v) is 5.00. The largest absolute Gasteiger partial charge is 0.465 e. The van der Waals surface area contributed by atoms with Crippen molar-refractivity contribution in [1.82, 2.24) is 24.7 Å².